The van der Waals surface area contributed by atoms with Gasteiger partial charge in [0.15, 0.2) is 0 Å². The molecule has 138 valence electrons. The van der Waals surface area contributed by atoms with E-state index in [1.807, 2.05) is 56.3 Å². The number of benzene rings is 2. The Bertz CT molecular complexity index is 787. The first kappa shape index (κ1) is 18.3. The second-order valence-corrected chi connectivity index (χ2v) is 6.88. The number of nitrogens with one attached hydrogen (secondary N) is 1. The number of hydrogen-bond acceptors (Lipinski definition) is 4. The molecule has 0 aliphatic carbocycles. The topological polar surface area (TPSA) is 73.6 Å². The van der Waals surface area contributed by atoms with Crippen molar-refractivity contribution < 1.29 is 14.3 Å². The number of nitrogens with two attached hydrogens (primary N) is 1. The van der Waals surface area contributed by atoms with Crippen LogP contribution in [0, 0.1) is 0 Å². The summed E-state index contributed by atoms with van der Waals surface area (Å²) >= 11 is 0. The maximum absolute atomic E-state index is 12.7. The SMILES string of the molecule is CCOc1cc2c(cc1CNC(=O)C(C)(N)c1ccccc1)OC(C)C2. The largest absolute Gasteiger partial charge is 0.494 e. The van der Waals surface area contributed by atoms with Gasteiger partial charge in [-0.25, -0.2) is 0 Å². The van der Waals surface area contributed by atoms with E-state index in [2.05, 4.69) is 5.32 Å². The van der Waals surface area contributed by atoms with Gasteiger partial charge in [0.2, 0.25) is 5.91 Å². The van der Waals surface area contributed by atoms with E-state index in [4.69, 9.17) is 15.2 Å². The van der Waals surface area contributed by atoms with E-state index in [1.54, 1.807) is 6.92 Å². The Balaban J connectivity index is 1.77. The van der Waals surface area contributed by atoms with E-state index in [1.165, 1.54) is 0 Å². The summed E-state index contributed by atoms with van der Waals surface area (Å²) in [5.41, 5.74) is 7.98. The molecule has 1 heterocycles. The Labute approximate surface area is 154 Å². The van der Waals surface area contributed by atoms with Gasteiger partial charge in [0.05, 0.1) is 6.61 Å². The smallest absolute Gasteiger partial charge is 0.244 e. The van der Waals surface area contributed by atoms with Crippen LogP contribution in [0.5, 0.6) is 11.5 Å². The van der Waals surface area contributed by atoms with E-state index in [-0.39, 0.29) is 12.0 Å². The predicted octanol–water partition coefficient (Wildman–Crippen LogP) is 2.90. The summed E-state index contributed by atoms with van der Waals surface area (Å²) < 4.78 is 11.6. The normalized spacial score (nSPS) is 17.8. The lowest BCUT2D eigenvalue weighted by atomic mass is 9.92. The number of carbonyl (C=O) groups is 1. The Hall–Kier alpha value is -2.53. The maximum Gasteiger partial charge on any atom is 0.244 e. The molecular formula is C21H26N2O3. The minimum atomic E-state index is -1.10. The minimum Gasteiger partial charge on any atom is -0.494 e. The van der Waals surface area contributed by atoms with E-state index in [0.29, 0.717) is 13.2 Å². The van der Waals surface area contributed by atoms with Gasteiger partial charge >= 0.3 is 0 Å². The highest BCUT2D eigenvalue weighted by atomic mass is 16.5. The van der Waals surface area contributed by atoms with Crippen LogP contribution in [0.25, 0.3) is 0 Å². The molecule has 2 unspecified atom stereocenters. The average Bonchev–Trinajstić information content (AvgIpc) is 2.99. The van der Waals surface area contributed by atoms with Gasteiger partial charge < -0.3 is 20.5 Å². The van der Waals surface area contributed by atoms with Crippen molar-refractivity contribution >= 4 is 5.91 Å². The first-order valence-electron chi connectivity index (χ1n) is 8.99. The molecule has 0 spiro atoms. The zero-order chi connectivity index (χ0) is 18.7. The molecule has 1 aliphatic rings. The van der Waals surface area contributed by atoms with E-state index < -0.39 is 5.54 Å². The Morgan fingerprint density at radius 1 is 1.35 bits per heavy atom. The van der Waals surface area contributed by atoms with E-state index >= 15 is 0 Å². The molecule has 5 heteroatoms. The third-order valence-electron chi connectivity index (χ3n) is 4.66. The van der Waals surface area contributed by atoms with Gasteiger partial charge in [0.25, 0.3) is 0 Å². The summed E-state index contributed by atoms with van der Waals surface area (Å²) in [4.78, 5) is 12.7. The third kappa shape index (κ3) is 3.68. The van der Waals surface area contributed by atoms with Gasteiger partial charge in [-0.3, -0.25) is 4.79 Å². The van der Waals surface area contributed by atoms with E-state index in [9.17, 15) is 4.79 Å². The molecule has 2 aromatic rings. The zero-order valence-electron chi connectivity index (χ0n) is 15.5. The summed E-state index contributed by atoms with van der Waals surface area (Å²) in [5.74, 6) is 1.41. The highest BCUT2D eigenvalue weighted by Gasteiger charge is 2.30. The van der Waals surface area contributed by atoms with Crippen molar-refractivity contribution in [2.24, 2.45) is 5.73 Å². The van der Waals surface area contributed by atoms with Crippen molar-refractivity contribution in [3.63, 3.8) is 0 Å². The summed E-state index contributed by atoms with van der Waals surface area (Å²) in [6.45, 7) is 6.60. The average molecular weight is 354 g/mol. The molecule has 5 nitrogen and oxygen atoms in total. The van der Waals surface area contributed by atoms with Gasteiger partial charge in [-0.2, -0.15) is 0 Å². The third-order valence-corrected chi connectivity index (χ3v) is 4.66. The van der Waals surface area contributed by atoms with Gasteiger partial charge in [0, 0.05) is 24.1 Å². The summed E-state index contributed by atoms with van der Waals surface area (Å²) in [6, 6.07) is 13.3. The van der Waals surface area contributed by atoms with Gasteiger partial charge in [-0.15, -0.1) is 0 Å². The first-order chi connectivity index (χ1) is 12.4. The maximum atomic E-state index is 12.7. The van der Waals surface area contributed by atoms with Crippen molar-refractivity contribution in [1.29, 1.82) is 0 Å². The van der Waals surface area contributed by atoms with Crippen LogP contribution in [0.3, 0.4) is 0 Å². The lowest BCUT2D eigenvalue weighted by molar-refractivity contribution is -0.126. The Morgan fingerprint density at radius 2 is 2.08 bits per heavy atom. The van der Waals surface area contributed by atoms with Crippen LogP contribution in [-0.4, -0.2) is 18.6 Å². The van der Waals surface area contributed by atoms with Crippen molar-refractivity contribution in [2.45, 2.75) is 45.4 Å². The molecule has 26 heavy (non-hydrogen) atoms. The van der Waals surface area contributed by atoms with Crippen molar-refractivity contribution in [1.82, 2.24) is 5.32 Å². The molecule has 0 saturated heterocycles. The fourth-order valence-electron chi connectivity index (χ4n) is 3.18. The summed E-state index contributed by atoms with van der Waals surface area (Å²) in [5, 5.41) is 2.94. The number of carbonyl (C=O) groups excluding carboxylic acids is 1. The number of amides is 1. The molecule has 2 aromatic carbocycles. The molecule has 0 radical (unpaired) electrons. The number of rotatable bonds is 6. The lowest BCUT2D eigenvalue weighted by Gasteiger charge is -2.24. The van der Waals surface area contributed by atoms with E-state index in [0.717, 1.165) is 34.6 Å². The predicted molar refractivity (Wildman–Crippen MR) is 101 cm³/mol. The number of hydrogen-bond donors (Lipinski definition) is 2. The minimum absolute atomic E-state index is 0.162. The van der Waals surface area contributed by atoms with Crippen LogP contribution in [0.15, 0.2) is 42.5 Å². The lowest BCUT2D eigenvalue weighted by Crippen LogP contribution is -2.48. The summed E-state index contributed by atoms with van der Waals surface area (Å²) in [6.07, 6.45) is 1.03. The molecule has 1 aliphatic heterocycles. The molecule has 3 rings (SSSR count). The second-order valence-electron chi connectivity index (χ2n) is 6.88. The molecule has 2 atom stereocenters. The van der Waals surface area contributed by atoms with Crippen molar-refractivity contribution in [3.8, 4) is 11.5 Å². The molecule has 0 aromatic heterocycles. The van der Waals surface area contributed by atoms with Gasteiger partial charge in [-0.05, 0) is 38.5 Å². The second kappa shape index (κ2) is 7.38. The van der Waals surface area contributed by atoms with Gasteiger partial charge in [-0.1, -0.05) is 30.3 Å². The van der Waals surface area contributed by atoms with Crippen LogP contribution in [0.1, 0.15) is 37.5 Å². The number of ether oxygens (including phenoxy) is 2. The van der Waals surface area contributed by atoms with Crippen LogP contribution in [-0.2, 0) is 23.3 Å². The van der Waals surface area contributed by atoms with Gasteiger partial charge in [0.1, 0.15) is 23.1 Å². The molecule has 0 bridgehead atoms. The van der Waals surface area contributed by atoms with Crippen molar-refractivity contribution in [3.05, 3.63) is 59.2 Å². The molecule has 3 N–H and O–H groups in total. The highest BCUT2D eigenvalue weighted by molar-refractivity contribution is 5.87. The van der Waals surface area contributed by atoms with Crippen LogP contribution >= 0.6 is 0 Å². The Kier molecular flexibility index (Phi) is 5.18. The zero-order valence-corrected chi connectivity index (χ0v) is 15.5. The molecule has 0 saturated carbocycles. The van der Waals surface area contributed by atoms with Crippen LogP contribution in [0.4, 0.5) is 0 Å². The standard InChI is InChI=1S/C21H26N2O3/c1-4-25-18-11-15-10-14(2)26-19(15)12-16(18)13-23-20(24)21(3,22)17-8-6-5-7-9-17/h5-9,11-12,14H,4,10,13,22H2,1-3H3,(H,23,24). The number of fused-ring (bicyclic) bond motifs is 1. The highest BCUT2D eigenvalue weighted by Crippen LogP contribution is 2.35. The summed E-state index contributed by atoms with van der Waals surface area (Å²) in [7, 11) is 0. The first-order valence-corrected chi connectivity index (χ1v) is 8.99. The van der Waals surface area contributed by atoms with Crippen LogP contribution < -0.4 is 20.5 Å². The molecule has 1 amide bonds. The Morgan fingerprint density at radius 3 is 2.77 bits per heavy atom. The fraction of sp³-hybridized carbons (Fsp3) is 0.381. The fourth-order valence-corrected chi connectivity index (χ4v) is 3.18. The quantitative estimate of drug-likeness (QED) is 0.836. The molecular weight excluding hydrogens is 328 g/mol. The van der Waals surface area contributed by atoms with Crippen molar-refractivity contribution in [2.75, 3.05) is 6.61 Å². The molecule has 0 fully saturated rings. The monoisotopic (exact) mass is 354 g/mol. The van der Waals surface area contributed by atoms with Crippen LogP contribution in [0.2, 0.25) is 0 Å².